The fourth-order valence-corrected chi connectivity index (χ4v) is 6.34. The van der Waals surface area contributed by atoms with Gasteiger partial charge in [-0.3, -0.25) is 0 Å². The molecule has 2 unspecified atom stereocenters. The lowest BCUT2D eigenvalue weighted by Crippen LogP contribution is -2.59. The number of ether oxygens (including phenoxy) is 1. The molecule has 0 saturated heterocycles. The van der Waals surface area contributed by atoms with E-state index >= 15 is 0 Å². The van der Waals surface area contributed by atoms with Crippen LogP contribution >= 0.6 is 12.4 Å². The van der Waals surface area contributed by atoms with E-state index in [9.17, 15) is 0 Å². The Hall–Kier alpha value is -0.850. The lowest BCUT2D eigenvalue weighted by molar-refractivity contribution is -0.212. The molecule has 2 atom stereocenters. The first-order valence-corrected chi connectivity index (χ1v) is 8.82. The molecule has 1 aromatic heterocycles. The van der Waals surface area contributed by atoms with Gasteiger partial charge in [-0.2, -0.15) is 0 Å². The summed E-state index contributed by atoms with van der Waals surface area (Å²) in [6.45, 7) is 6.58. The number of aromatic nitrogens is 2. The number of anilines is 1. The quantitative estimate of drug-likeness (QED) is 0.761. The fourth-order valence-electron chi connectivity index (χ4n) is 6.34. The monoisotopic (exact) mass is 356 g/mol. The summed E-state index contributed by atoms with van der Waals surface area (Å²) in [6.07, 6.45) is 7.87. The molecule has 4 saturated carbocycles. The Balaban J connectivity index is 0.00000169. The molecular formula is C17H29ClN4O2. The summed E-state index contributed by atoms with van der Waals surface area (Å²) in [5, 5.41) is 10.9. The number of nitrogens with zero attached hydrogens (tertiary/aromatic N) is 2. The molecule has 4 aliphatic rings. The summed E-state index contributed by atoms with van der Waals surface area (Å²) >= 11 is 0. The zero-order valence-corrected chi connectivity index (χ0v) is 15.5. The Labute approximate surface area is 149 Å². The van der Waals surface area contributed by atoms with Gasteiger partial charge in [0, 0.05) is 6.54 Å². The van der Waals surface area contributed by atoms with Crippen molar-refractivity contribution in [2.24, 2.45) is 22.5 Å². The average molecular weight is 357 g/mol. The van der Waals surface area contributed by atoms with Crippen molar-refractivity contribution in [3.05, 3.63) is 5.89 Å². The molecule has 3 N–H and O–H groups in total. The summed E-state index contributed by atoms with van der Waals surface area (Å²) in [6, 6.07) is 0.429. The van der Waals surface area contributed by atoms with E-state index in [-0.39, 0.29) is 24.6 Å². The molecule has 136 valence electrons. The molecule has 0 aliphatic heterocycles. The van der Waals surface area contributed by atoms with Crippen LogP contribution in [0.15, 0.2) is 4.42 Å². The Morgan fingerprint density at radius 2 is 1.88 bits per heavy atom. The van der Waals surface area contributed by atoms with Crippen molar-refractivity contribution in [2.75, 3.05) is 18.5 Å². The lowest BCUT2D eigenvalue weighted by atomic mass is 9.43. The summed E-state index contributed by atoms with van der Waals surface area (Å²) in [4.78, 5) is 0. The molecule has 1 heterocycles. The van der Waals surface area contributed by atoms with Gasteiger partial charge < -0.3 is 20.2 Å². The molecule has 1 aromatic rings. The first-order chi connectivity index (χ1) is 10.9. The van der Waals surface area contributed by atoms with Gasteiger partial charge in [0.15, 0.2) is 0 Å². The maximum Gasteiger partial charge on any atom is 0.315 e. The first-order valence-electron chi connectivity index (χ1n) is 8.82. The highest BCUT2D eigenvalue weighted by Gasteiger charge is 2.60. The van der Waals surface area contributed by atoms with Gasteiger partial charge in [-0.1, -0.05) is 18.9 Å². The topological polar surface area (TPSA) is 86.2 Å². The maximum atomic E-state index is 6.45. The van der Waals surface area contributed by atoms with Crippen molar-refractivity contribution >= 4 is 18.4 Å². The van der Waals surface area contributed by atoms with E-state index < -0.39 is 0 Å². The molecule has 4 aliphatic carbocycles. The number of hydrogen-bond acceptors (Lipinski definition) is 6. The van der Waals surface area contributed by atoms with Crippen molar-refractivity contribution in [3.8, 4) is 0 Å². The summed E-state index contributed by atoms with van der Waals surface area (Å²) < 4.78 is 11.8. The second-order valence-corrected chi connectivity index (χ2v) is 8.79. The number of halogens is 1. The third-order valence-corrected chi connectivity index (χ3v) is 6.00. The van der Waals surface area contributed by atoms with E-state index in [4.69, 9.17) is 14.9 Å². The second-order valence-electron chi connectivity index (χ2n) is 8.79. The molecule has 0 aromatic carbocycles. The van der Waals surface area contributed by atoms with E-state index in [1.807, 2.05) is 0 Å². The van der Waals surface area contributed by atoms with Crippen LogP contribution in [-0.4, -0.2) is 29.0 Å². The van der Waals surface area contributed by atoms with E-state index in [0.29, 0.717) is 35.9 Å². The highest BCUT2D eigenvalue weighted by molar-refractivity contribution is 5.85. The Morgan fingerprint density at radius 3 is 2.46 bits per heavy atom. The fraction of sp³-hybridized carbons (Fsp3) is 0.882. The van der Waals surface area contributed by atoms with E-state index in [1.54, 1.807) is 0 Å². The Bertz CT molecular complexity index is 575. The summed E-state index contributed by atoms with van der Waals surface area (Å²) in [7, 11) is 0. The number of nitrogens with two attached hydrogens (primary N) is 1. The van der Waals surface area contributed by atoms with Crippen LogP contribution in [0.2, 0.25) is 0 Å². The predicted octanol–water partition coefficient (Wildman–Crippen LogP) is 3.13. The summed E-state index contributed by atoms with van der Waals surface area (Å²) in [5.74, 6) is 1.31. The molecule has 4 bridgehead atoms. The number of rotatable bonds is 6. The van der Waals surface area contributed by atoms with Crippen LogP contribution in [0.3, 0.4) is 0 Å². The van der Waals surface area contributed by atoms with Crippen LogP contribution in [0, 0.1) is 16.7 Å². The minimum absolute atomic E-state index is 0. The van der Waals surface area contributed by atoms with Gasteiger partial charge in [0.25, 0.3) is 0 Å². The van der Waals surface area contributed by atoms with Gasteiger partial charge in [0.1, 0.15) is 0 Å². The first kappa shape index (κ1) is 18.0. The Kier molecular flexibility index (Phi) is 4.60. The molecular weight excluding hydrogens is 328 g/mol. The maximum absolute atomic E-state index is 6.45. The molecule has 0 spiro atoms. The van der Waals surface area contributed by atoms with E-state index in [2.05, 4.69) is 29.4 Å². The largest absolute Gasteiger partial charge is 0.407 e. The molecule has 7 heteroatoms. The van der Waals surface area contributed by atoms with Crippen molar-refractivity contribution in [3.63, 3.8) is 0 Å². The predicted molar refractivity (Wildman–Crippen MR) is 94.0 cm³/mol. The number of hydrogen-bond donors (Lipinski definition) is 2. The van der Waals surface area contributed by atoms with Crippen LogP contribution in [0.25, 0.3) is 0 Å². The molecule has 5 rings (SSSR count). The third kappa shape index (κ3) is 3.28. The molecule has 6 nitrogen and oxygen atoms in total. The van der Waals surface area contributed by atoms with Crippen LogP contribution in [0.5, 0.6) is 0 Å². The van der Waals surface area contributed by atoms with Gasteiger partial charge in [-0.25, -0.2) is 0 Å². The van der Waals surface area contributed by atoms with Crippen LogP contribution in [-0.2, 0) is 11.3 Å². The summed E-state index contributed by atoms with van der Waals surface area (Å²) in [5.41, 5.74) is 6.54. The van der Waals surface area contributed by atoms with Crippen LogP contribution in [0.4, 0.5) is 6.01 Å². The van der Waals surface area contributed by atoms with Crippen LogP contribution in [0.1, 0.15) is 58.3 Å². The van der Waals surface area contributed by atoms with Crippen molar-refractivity contribution in [1.29, 1.82) is 0 Å². The van der Waals surface area contributed by atoms with Crippen LogP contribution < -0.4 is 11.1 Å². The third-order valence-electron chi connectivity index (χ3n) is 6.00. The SMILES string of the molecule is CC12CC3CC(C)(C1)CC(OCCNc1nnc(CN)o1)(C3)C2.Cl. The highest BCUT2D eigenvalue weighted by Crippen LogP contribution is 2.67. The second kappa shape index (κ2) is 6.15. The smallest absolute Gasteiger partial charge is 0.315 e. The van der Waals surface area contributed by atoms with E-state index in [0.717, 1.165) is 5.92 Å². The molecule has 24 heavy (non-hydrogen) atoms. The highest BCUT2D eigenvalue weighted by atomic mass is 35.5. The molecule has 4 fully saturated rings. The standard InChI is InChI=1S/C17H28N4O2.ClH/c1-15-5-12-6-16(2,9-15)11-17(7-12,10-15)22-4-3-19-14-21-20-13(8-18)23-14;/h12H,3-11,18H2,1-2H3,(H,19,21);1H. The van der Waals surface area contributed by atoms with Gasteiger partial charge in [0.05, 0.1) is 18.8 Å². The Morgan fingerprint density at radius 1 is 1.17 bits per heavy atom. The van der Waals surface area contributed by atoms with Gasteiger partial charge in [-0.15, -0.1) is 17.5 Å². The zero-order valence-electron chi connectivity index (χ0n) is 14.6. The van der Waals surface area contributed by atoms with E-state index in [1.165, 1.54) is 38.5 Å². The molecule has 0 radical (unpaired) electrons. The minimum Gasteiger partial charge on any atom is -0.407 e. The minimum atomic E-state index is 0. The molecule has 0 amide bonds. The van der Waals surface area contributed by atoms with Gasteiger partial charge >= 0.3 is 6.01 Å². The normalized spacial score (nSPS) is 39.7. The van der Waals surface area contributed by atoms with Gasteiger partial charge in [-0.05, 0) is 55.3 Å². The lowest BCUT2D eigenvalue weighted by Gasteiger charge is -2.65. The van der Waals surface area contributed by atoms with Crippen molar-refractivity contribution < 1.29 is 9.15 Å². The van der Waals surface area contributed by atoms with Crippen molar-refractivity contribution in [2.45, 2.75) is 64.5 Å². The van der Waals surface area contributed by atoms with Gasteiger partial charge in [0.2, 0.25) is 5.89 Å². The van der Waals surface area contributed by atoms with Crippen molar-refractivity contribution in [1.82, 2.24) is 10.2 Å². The zero-order chi connectivity index (χ0) is 16.1. The average Bonchev–Trinajstić information content (AvgIpc) is 2.87. The number of nitrogens with one attached hydrogen (secondary N) is 1.